The molecule has 14 heavy (non-hydrogen) atoms. The highest BCUT2D eigenvalue weighted by molar-refractivity contribution is 6.42. The van der Waals surface area contributed by atoms with Gasteiger partial charge in [0.1, 0.15) is 0 Å². The minimum atomic E-state index is 0.0474. The Balaban J connectivity index is 2.97. The molecular formula is C10H13Cl2NO. The van der Waals surface area contributed by atoms with Crippen molar-refractivity contribution < 1.29 is 5.11 Å². The Hall–Kier alpha value is -0.280. The maximum absolute atomic E-state index is 8.87. The van der Waals surface area contributed by atoms with Crippen molar-refractivity contribution in [3.05, 3.63) is 33.8 Å². The zero-order valence-electron chi connectivity index (χ0n) is 7.93. The first-order valence-corrected chi connectivity index (χ1v) is 5.18. The van der Waals surface area contributed by atoms with Crippen LogP contribution in [-0.2, 0) is 0 Å². The minimum absolute atomic E-state index is 0.0474. The first kappa shape index (κ1) is 11.8. The van der Waals surface area contributed by atoms with Crippen LogP contribution in [-0.4, -0.2) is 18.8 Å². The molecule has 78 valence electrons. The molecule has 0 spiro atoms. The lowest BCUT2D eigenvalue weighted by molar-refractivity contribution is 0.269. The van der Waals surface area contributed by atoms with Gasteiger partial charge in [-0.25, -0.2) is 0 Å². The van der Waals surface area contributed by atoms with Gasteiger partial charge in [-0.05, 0) is 25.1 Å². The lowest BCUT2D eigenvalue weighted by Crippen LogP contribution is -2.18. The van der Waals surface area contributed by atoms with Crippen LogP contribution in [0, 0.1) is 0 Å². The van der Waals surface area contributed by atoms with E-state index in [1.807, 2.05) is 19.2 Å². The highest BCUT2D eigenvalue weighted by atomic mass is 35.5. The van der Waals surface area contributed by atoms with E-state index in [4.69, 9.17) is 28.3 Å². The van der Waals surface area contributed by atoms with E-state index in [1.54, 1.807) is 6.07 Å². The van der Waals surface area contributed by atoms with E-state index in [0.29, 0.717) is 16.5 Å². The molecule has 0 aliphatic heterocycles. The third-order valence-corrected chi connectivity index (χ3v) is 2.96. The van der Waals surface area contributed by atoms with Crippen molar-refractivity contribution in [1.82, 2.24) is 5.32 Å². The molecule has 0 bridgehead atoms. The molecule has 0 aliphatic carbocycles. The van der Waals surface area contributed by atoms with Gasteiger partial charge in [0.2, 0.25) is 0 Å². The SMILES string of the molecule is CNC(CCO)c1cccc(Cl)c1Cl. The van der Waals surface area contributed by atoms with Gasteiger partial charge in [-0.3, -0.25) is 0 Å². The van der Waals surface area contributed by atoms with E-state index in [2.05, 4.69) is 5.32 Å². The van der Waals surface area contributed by atoms with E-state index in [1.165, 1.54) is 0 Å². The second kappa shape index (κ2) is 5.56. The molecule has 4 heteroatoms. The molecule has 1 aromatic rings. The molecule has 1 unspecified atom stereocenters. The predicted octanol–water partition coefficient (Wildman–Crippen LogP) is 2.64. The van der Waals surface area contributed by atoms with Gasteiger partial charge in [0, 0.05) is 12.6 Å². The fraction of sp³-hybridized carbons (Fsp3) is 0.400. The molecule has 0 fully saturated rings. The zero-order chi connectivity index (χ0) is 10.6. The van der Waals surface area contributed by atoms with Crippen LogP contribution in [0.25, 0.3) is 0 Å². The van der Waals surface area contributed by atoms with Crippen LogP contribution in [0.15, 0.2) is 18.2 Å². The van der Waals surface area contributed by atoms with Crippen LogP contribution in [0.2, 0.25) is 10.0 Å². The Labute approximate surface area is 93.8 Å². The Morgan fingerprint density at radius 2 is 2.14 bits per heavy atom. The van der Waals surface area contributed by atoms with E-state index in [-0.39, 0.29) is 12.6 Å². The van der Waals surface area contributed by atoms with Gasteiger partial charge in [-0.1, -0.05) is 35.3 Å². The summed E-state index contributed by atoms with van der Waals surface area (Å²) in [7, 11) is 1.83. The first-order chi connectivity index (χ1) is 6.70. The summed E-state index contributed by atoms with van der Waals surface area (Å²) in [6.07, 6.45) is 0.622. The van der Waals surface area contributed by atoms with Crippen molar-refractivity contribution >= 4 is 23.2 Å². The third-order valence-electron chi connectivity index (χ3n) is 2.12. The molecule has 0 heterocycles. The second-order valence-corrected chi connectivity index (χ2v) is 3.78. The second-order valence-electron chi connectivity index (χ2n) is 3.00. The largest absolute Gasteiger partial charge is 0.396 e. The maximum Gasteiger partial charge on any atom is 0.0640 e. The normalized spacial score (nSPS) is 12.9. The fourth-order valence-corrected chi connectivity index (χ4v) is 1.81. The summed E-state index contributed by atoms with van der Waals surface area (Å²) >= 11 is 11.9. The number of halogens is 2. The van der Waals surface area contributed by atoms with Crippen molar-refractivity contribution in [3.8, 4) is 0 Å². The van der Waals surface area contributed by atoms with Crippen LogP contribution in [0.4, 0.5) is 0 Å². The molecular weight excluding hydrogens is 221 g/mol. The van der Waals surface area contributed by atoms with Gasteiger partial charge in [-0.2, -0.15) is 0 Å². The summed E-state index contributed by atoms with van der Waals surface area (Å²) in [5, 5.41) is 13.1. The Morgan fingerprint density at radius 1 is 1.43 bits per heavy atom. The Kier molecular flexibility index (Phi) is 4.69. The summed E-state index contributed by atoms with van der Waals surface area (Å²) < 4.78 is 0. The molecule has 0 radical (unpaired) electrons. The summed E-state index contributed by atoms with van der Waals surface area (Å²) in [6, 6.07) is 5.56. The topological polar surface area (TPSA) is 32.3 Å². The number of hydrogen-bond acceptors (Lipinski definition) is 2. The van der Waals surface area contributed by atoms with Crippen LogP contribution in [0.1, 0.15) is 18.0 Å². The molecule has 0 saturated carbocycles. The molecule has 0 amide bonds. The fourth-order valence-electron chi connectivity index (χ4n) is 1.37. The number of nitrogens with one attached hydrogen (secondary N) is 1. The lowest BCUT2D eigenvalue weighted by Gasteiger charge is -2.17. The van der Waals surface area contributed by atoms with Gasteiger partial charge in [0.15, 0.2) is 0 Å². The highest BCUT2D eigenvalue weighted by Crippen LogP contribution is 2.30. The van der Waals surface area contributed by atoms with E-state index < -0.39 is 0 Å². The quantitative estimate of drug-likeness (QED) is 0.839. The van der Waals surface area contributed by atoms with Crippen LogP contribution >= 0.6 is 23.2 Å². The summed E-state index contributed by atoms with van der Waals surface area (Å²) in [4.78, 5) is 0. The van der Waals surface area contributed by atoms with Crippen molar-refractivity contribution in [1.29, 1.82) is 0 Å². The van der Waals surface area contributed by atoms with Gasteiger partial charge in [0.25, 0.3) is 0 Å². The highest BCUT2D eigenvalue weighted by Gasteiger charge is 2.13. The van der Waals surface area contributed by atoms with Gasteiger partial charge < -0.3 is 10.4 Å². The van der Waals surface area contributed by atoms with E-state index in [0.717, 1.165) is 5.56 Å². The molecule has 2 N–H and O–H groups in total. The molecule has 0 saturated heterocycles. The standard InChI is InChI=1S/C10H13Cl2NO/c1-13-9(5-6-14)7-3-2-4-8(11)10(7)12/h2-4,9,13-14H,5-6H2,1H3. The predicted molar refractivity (Wildman–Crippen MR) is 60.0 cm³/mol. The Bertz CT molecular complexity index is 304. The van der Waals surface area contributed by atoms with Crippen molar-refractivity contribution in [2.24, 2.45) is 0 Å². The molecule has 1 aromatic carbocycles. The van der Waals surface area contributed by atoms with Crippen molar-refractivity contribution in [2.45, 2.75) is 12.5 Å². The van der Waals surface area contributed by atoms with Crippen LogP contribution in [0.5, 0.6) is 0 Å². The van der Waals surface area contributed by atoms with Crippen molar-refractivity contribution in [2.75, 3.05) is 13.7 Å². The van der Waals surface area contributed by atoms with Crippen LogP contribution < -0.4 is 5.32 Å². The smallest absolute Gasteiger partial charge is 0.0640 e. The summed E-state index contributed by atoms with van der Waals surface area (Å²) in [5.74, 6) is 0. The maximum atomic E-state index is 8.87. The number of benzene rings is 1. The first-order valence-electron chi connectivity index (χ1n) is 4.42. The molecule has 0 aromatic heterocycles. The number of aliphatic hydroxyl groups excluding tert-OH is 1. The van der Waals surface area contributed by atoms with E-state index in [9.17, 15) is 0 Å². The van der Waals surface area contributed by atoms with Gasteiger partial charge >= 0.3 is 0 Å². The number of aliphatic hydroxyl groups is 1. The van der Waals surface area contributed by atoms with E-state index >= 15 is 0 Å². The molecule has 0 aliphatic rings. The average molecular weight is 234 g/mol. The third kappa shape index (κ3) is 2.61. The molecule has 1 rings (SSSR count). The number of hydrogen-bond donors (Lipinski definition) is 2. The summed E-state index contributed by atoms with van der Waals surface area (Å²) in [5.41, 5.74) is 0.927. The molecule has 1 atom stereocenters. The van der Waals surface area contributed by atoms with Crippen LogP contribution in [0.3, 0.4) is 0 Å². The van der Waals surface area contributed by atoms with Gasteiger partial charge in [0.05, 0.1) is 10.0 Å². The monoisotopic (exact) mass is 233 g/mol. The summed E-state index contributed by atoms with van der Waals surface area (Å²) in [6.45, 7) is 0.119. The zero-order valence-corrected chi connectivity index (χ0v) is 9.44. The Morgan fingerprint density at radius 3 is 2.71 bits per heavy atom. The number of rotatable bonds is 4. The van der Waals surface area contributed by atoms with Gasteiger partial charge in [-0.15, -0.1) is 0 Å². The molecule has 2 nitrogen and oxygen atoms in total. The van der Waals surface area contributed by atoms with Crippen molar-refractivity contribution in [3.63, 3.8) is 0 Å². The average Bonchev–Trinajstić information content (AvgIpc) is 2.19. The lowest BCUT2D eigenvalue weighted by atomic mass is 10.0. The minimum Gasteiger partial charge on any atom is -0.396 e.